The Kier molecular flexibility index (Phi) is 6.73. The zero-order valence-corrected chi connectivity index (χ0v) is 21.9. The van der Waals surface area contributed by atoms with Crippen LogP contribution in [0.5, 0.6) is 5.75 Å². The number of benzene rings is 2. The Morgan fingerprint density at radius 3 is 2.64 bits per heavy atom. The number of aliphatic imine (C=N–C) groups is 1. The number of nitrogens with one attached hydrogen (secondary N) is 1. The number of amidine groups is 1. The van der Waals surface area contributed by atoms with Gasteiger partial charge in [-0.25, -0.2) is 4.99 Å². The third-order valence-corrected chi connectivity index (χ3v) is 7.21. The molecule has 0 aliphatic carbocycles. The first-order chi connectivity index (χ1) is 15.7. The lowest BCUT2D eigenvalue weighted by Gasteiger charge is -2.43. The SMILES string of the molecule is CCCN1c2cc(OC)c(/C=C3/SC(=Nc4ccc(Br)cc4)NC3=O)cc2C(C)=CC1(C)C. The number of ether oxygens (including phenoxy) is 1. The van der Waals surface area contributed by atoms with Gasteiger partial charge in [-0.3, -0.25) is 4.79 Å². The van der Waals surface area contributed by atoms with Crippen LogP contribution in [0.15, 0.2) is 56.8 Å². The molecule has 0 bridgehead atoms. The number of halogens is 1. The van der Waals surface area contributed by atoms with Crippen LogP contribution in [-0.2, 0) is 4.79 Å². The largest absolute Gasteiger partial charge is 0.496 e. The quantitative estimate of drug-likeness (QED) is 0.438. The summed E-state index contributed by atoms with van der Waals surface area (Å²) >= 11 is 4.76. The van der Waals surface area contributed by atoms with Crippen LogP contribution in [0.4, 0.5) is 11.4 Å². The average molecular weight is 527 g/mol. The van der Waals surface area contributed by atoms with E-state index in [1.807, 2.05) is 30.3 Å². The maximum atomic E-state index is 12.7. The number of anilines is 1. The van der Waals surface area contributed by atoms with E-state index in [1.54, 1.807) is 7.11 Å². The minimum Gasteiger partial charge on any atom is -0.496 e. The van der Waals surface area contributed by atoms with Crippen molar-refractivity contribution in [2.45, 2.75) is 39.7 Å². The number of hydrogen-bond acceptors (Lipinski definition) is 5. The Morgan fingerprint density at radius 2 is 1.97 bits per heavy atom. The summed E-state index contributed by atoms with van der Waals surface area (Å²) < 4.78 is 6.74. The van der Waals surface area contributed by atoms with Crippen LogP contribution in [0.2, 0.25) is 0 Å². The van der Waals surface area contributed by atoms with Gasteiger partial charge in [-0.2, -0.15) is 0 Å². The number of thioether (sulfide) groups is 1. The van der Waals surface area contributed by atoms with Gasteiger partial charge in [-0.15, -0.1) is 0 Å². The van der Waals surface area contributed by atoms with E-state index in [0.717, 1.165) is 34.4 Å². The first kappa shape index (κ1) is 23.6. The molecule has 2 aromatic carbocycles. The third kappa shape index (κ3) is 4.89. The molecular weight excluding hydrogens is 498 g/mol. The van der Waals surface area contributed by atoms with E-state index in [0.29, 0.717) is 10.1 Å². The van der Waals surface area contributed by atoms with Crippen molar-refractivity contribution in [3.05, 3.63) is 63.0 Å². The second-order valence-corrected chi connectivity index (χ2v) is 10.6. The van der Waals surface area contributed by atoms with Gasteiger partial charge in [0.1, 0.15) is 5.75 Å². The molecule has 2 aliphatic rings. The normalized spacial score (nSPS) is 19.5. The van der Waals surface area contributed by atoms with E-state index >= 15 is 0 Å². The number of fused-ring (bicyclic) bond motifs is 1. The van der Waals surface area contributed by atoms with Crippen molar-refractivity contribution < 1.29 is 9.53 Å². The number of amides is 1. The minimum absolute atomic E-state index is 0.0718. The Morgan fingerprint density at radius 1 is 1.24 bits per heavy atom. The second kappa shape index (κ2) is 9.39. The van der Waals surface area contributed by atoms with E-state index in [2.05, 4.69) is 77.0 Å². The second-order valence-electron chi connectivity index (χ2n) is 8.70. The fourth-order valence-electron chi connectivity index (χ4n) is 4.30. The van der Waals surface area contributed by atoms with Crippen LogP contribution in [-0.4, -0.2) is 30.3 Å². The molecule has 1 N–H and O–H groups in total. The number of hydrogen-bond donors (Lipinski definition) is 1. The van der Waals surface area contributed by atoms with Crippen molar-refractivity contribution in [2.24, 2.45) is 4.99 Å². The van der Waals surface area contributed by atoms with Crippen molar-refractivity contribution in [1.82, 2.24) is 5.32 Å². The van der Waals surface area contributed by atoms with Crippen LogP contribution in [0.3, 0.4) is 0 Å². The lowest BCUT2D eigenvalue weighted by atomic mass is 9.87. The minimum atomic E-state index is -0.156. The zero-order chi connectivity index (χ0) is 23.8. The molecule has 0 atom stereocenters. The van der Waals surface area contributed by atoms with Crippen LogP contribution in [0, 0.1) is 0 Å². The highest BCUT2D eigenvalue weighted by atomic mass is 79.9. The molecule has 0 radical (unpaired) electrons. The van der Waals surface area contributed by atoms with E-state index < -0.39 is 0 Å². The summed E-state index contributed by atoms with van der Waals surface area (Å²) in [6.07, 6.45) is 5.26. The van der Waals surface area contributed by atoms with Gasteiger partial charge in [0, 0.05) is 33.9 Å². The highest BCUT2D eigenvalue weighted by molar-refractivity contribution is 9.10. The predicted octanol–water partition coefficient (Wildman–Crippen LogP) is 6.76. The summed E-state index contributed by atoms with van der Waals surface area (Å²) in [5, 5.41) is 3.43. The average Bonchev–Trinajstić information content (AvgIpc) is 3.10. The molecule has 1 amide bonds. The summed E-state index contributed by atoms with van der Waals surface area (Å²) in [4.78, 5) is 20.2. The Balaban J connectivity index is 1.70. The summed E-state index contributed by atoms with van der Waals surface area (Å²) in [5.74, 6) is 0.594. The lowest BCUT2D eigenvalue weighted by Crippen LogP contribution is -2.45. The Bertz CT molecular complexity index is 1180. The molecule has 0 saturated carbocycles. The number of rotatable bonds is 5. The third-order valence-electron chi connectivity index (χ3n) is 5.77. The van der Waals surface area contributed by atoms with Gasteiger partial charge in [0.25, 0.3) is 5.91 Å². The van der Waals surface area contributed by atoms with Crippen molar-refractivity contribution >= 4 is 61.8 Å². The van der Waals surface area contributed by atoms with E-state index in [-0.39, 0.29) is 11.4 Å². The maximum Gasteiger partial charge on any atom is 0.264 e. The van der Waals surface area contributed by atoms with Gasteiger partial charge in [-0.1, -0.05) is 28.9 Å². The Labute approximate surface area is 208 Å². The smallest absolute Gasteiger partial charge is 0.264 e. The molecule has 172 valence electrons. The van der Waals surface area contributed by atoms with Gasteiger partial charge < -0.3 is 15.0 Å². The van der Waals surface area contributed by atoms with Crippen LogP contribution >= 0.6 is 27.7 Å². The number of methoxy groups -OCH3 is 1. The highest BCUT2D eigenvalue weighted by Crippen LogP contribution is 2.43. The van der Waals surface area contributed by atoms with Gasteiger partial charge in [0.05, 0.1) is 23.2 Å². The van der Waals surface area contributed by atoms with E-state index in [4.69, 9.17) is 4.74 Å². The van der Waals surface area contributed by atoms with Crippen molar-refractivity contribution in [3.8, 4) is 5.75 Å². The molecule has 1 saturated heterocycles. The fraction of sp³-hybridized carbons (Fsp3) is 0.308. The van der Waals surface area contributed by atoms with Gasteiger partial charge in [-0.05, 0) is 80.9 Å². The standard InChI is InChI=1S/C26H28BrN3O2S/c1-6-11-30-21-14-22(32-5)17(12-20(21)16(2)15-26(30,3)4)13-23-24(31)29-25(33-23)28-19-9-7-18(27)8-10-19/h7-10,12-15H,6,11H2,1-5H3,(H,28,29,31)/b23-13+. The molecule has 2 aromatic rings. The molecule has 2 aliphatic heterocycles. The van der Waals surface area contributed by atoms with Crippen LogP contribution in [0.1, 0.15) is 45.2 Å². The molecule has 0 aromatic heterocycles. The Hall–Kier alpha value is -2.51. The number of carbonyl (C=O) groups is 1. The highest BCUT2D eigenvalue weighted by Gasteiger charge is 2.32. The van der Waals surface area contributed by atoms with E-state index in [1.165, 1.54) is 28.6 Å². The van der Waals surface area contributed by atoms with Crippen LogP contribution < -0.4 is 15.0 Å². The molecule has 5 nitrogen and oxygen atoms in total. The summed E-state index contributed by atoms with van der Waals surface area (Å²) in [6.45, 7) is 9.78. The number of carbonyl (C=O) groups excluding carboxylic acids is 1. The molecule has 2 heterocycles. The van der Waals surface area contributed by atoms with Crippen molar-refractivity contribution in [2.75, 3.05) is 18.6 Å². The van der Waals surface area contributed by atoms with Crippen molar-refractivity contribution in [3.63, 3.8) is 0 Å². The zero-order valence-electron chi connectivity index (χ0n) is 19.5. The monoisotopic (exact) mass is 525 g/mol. The summed E-state index contributed by atoms with van der Waals surface area (Å²) in [6, 6.07) is 11.9. The molecule has 1 fully saturated rings. The van der Waals surface area contributed by atoms with Gasteiger partial charge in [0.2, 0.25) is 0 Å². The fourth-order valence-corrected chi connectivity index (χ4v) is 5.39. The van der Waals surface area contributed by atoms with Gasteiger partial charge in [0.15, 0.2) is 5.17 Å². The van der Waals surface area contributed by atoms with Crippen molar-refractivity contribution in [1.29, 1.82) is 0 Å². The topological polar surface area (TPSA) is 53.9 Å². The first-order valence-corrected chi connectivity index (χ1v) is 12.6. The predicted molar refractivity (Wildman–Crippen MR) is 143 cm³/mol. The molecule has 0 unspecified atom stereocenters. The first-order valence-electron chi connectivity index (χ1n) is 11.0. The van der Waals surface area contributed by atoms with Crippen LogP contribution in [0.25, 0.3) is 11.6 Å². The lowest BCUT2D eigenvalue weighted by molar-refractivity contribution is -0.115. The molecular formula is C26H28BrN3O2S. The number of nitrogens with zero attached hydrogens (tertiary/aromatic N) is 2. The molecule has 4 rings (SSSR count). The number of allylic oxidation sites excluding steroid dienone is 1. The summed E-state index contributed by atoms with van der Waals surface area (Å²) in [7, 11) is 1.67. The van der Waals surface area contributed by atoms with Gasteiger partial charge >= 0.3 is 0 Å². The molecule has 7 heteroatoms. The molecule has 33 heavy (non-hydrogen) atoms. The van der Waals surface area contributed by atoms with E-state index in [9.17, 15) is 4.79 Å². The molecule has 0 spiro atoms. The summed E-state index contributed by atoms with van der Waals surface area (Å²) in [5.41, 5.74) is 5.16. The maximum absolute atomic E-state index is 12.7.